The van der Waals surface area contributed by atoms with E-state index in [1.165, 1.54) is 0 Å². The van der Waals surface area contributed by atoms with Crippen LogP contribution >= 0.6 is 0 Å². The van der Waals surface area contributed by atoms with Gasteiger partial charge in [0.2, 0.25) is 0 Å². The number of aliphatic hydroxyl groups is 2. The van der Waals surface area contributed by atoms with Crippen molar-refractivity contribution in [2.24, 2.45) is 28.6 Å². The Balaban J connectivity index is 1.54. The fourth-order valence-corrected chi connectivity index (χ4v) is 6.57. The highest BCUT2D eigenvalue weighted by molar-refractivity contribution is 5.87. The van der Waals surface area contributed by atoms with Gasteiger partial charge in [0.05, 0.1) is 12.2 Å². The smallest absolute Gasteiger partial charge is 0.139 e. The van der Waals surface area contributed by atoms with Crippen molar-refractivity contribution in [2.45, 2.75) is 84.0 Å². The first-order valence-corrected chi connectivity index (χ1v) is 10.6. The van der Waals surface area contributed by atoms with Gasteiger partial charge in [-0.3, -0.25) is 9.48 Å². The molecule has 0 aliphatic heterocycles. The minimum atomic E-state index is -0.413. The molecule has 6 heteroatoms. The second kappa shape index (κ2) is 6.96. The Bertz CT molecular complexity index is 678. The summed E-state index contributed by atoms with van der Waals surface area (Å²) in [6.07, 6.45) is 9.34. The monoisotopic (exact) mass is 375 g/mol. The summed E-state index contributed by atoms with van der Waals surface area (Å²) < 4.78 is 1.85. The number of nitrogens with zero attached hydrogens (tertiary/aromatic N) is 3. The topological polar surface area (TPSA) is 88.2 Å². The van der Waals surface area contributed by atoms with E-state index in [9.17, 15) is 15.0 Å². The predicted octanol–water partition coefficient (Wildman–Crippen LogP) is 2.59. The highest BCUT2D eigenvalue weighted by Gasteiger charge is 2.58. The van der Waals surface area contributed by atoms with Crippen LogP contribution < -0.4 is 0 Å². The van der Waals surface area contributed by atoms with E-state index in [2.05, 4.69) is 23.9 Å². The largest absolute Gasteiger partial charge is 0.393 e. The average molecular weight is 376 g/mol. The van der Waals surface area contributed by atoms with E-state index in [1.54, 1.807) is 12.7 Å². The molecule has 3 saturated carbocycles. The molecule has 27 heavy (non-hydrogen) atoms. The predicted molar refractivity (Wildman–Crippen MR) is 101 cm³/mol. The summed E-state index contributed by atoms with van der Waals surface area (Å²) in [5, 5.41) is 25.9. The van der Waals surface area contributed by atoms with Crippen LogP contribution in [0, 0.1) is 28.6 Å². The number of aliphatic hydroxyl groups excluding tert-OH is 2. The Kier molecular flexibility index (Phi) is 4.91. The van der Waals surface area contributed by atoms with Gasteiger partial charge in [-0.1, -0.05) is 13.8 Å². The summed E-state index contributed by atoms with van der Waals surface area (Å²) in [6, 6.07) is 0. The Hall–Kier alpha value is -1.27. The van der Waals surface area contributed by atoms with Crippen LogP contribution in [0.15, 0.2) is 12.7 Å². The molecule has 0 aromatic carbocycles. The van der Waals surface area contributed by atoms with E-state index in [0.29, 0.717) is 18.1 Å². The van der Waals surface area contributed by atoms with Crippen molar-refractivity contribution in [1.82, 2.24) is 14.8 Å². The summed E-state index contributed by atoms with van der Waals surface area (Å²) in [7, 11) is 0. The number of aromatic nitrogens is 3. The van der Waals surface area contributed by atoms with Crippen LogP contribution in [0.4, 0.5) is 0 Å². The van der Waals surface area contributed by atoms with E-state index >= 15 is 0 Å². The van der Waals surface area contributed by atoms with E-state index in [1.807, 2.05) is 4.68 Å². The van der Waals surface area contributed by atoms with Crippen LogP contribution in [0.5, 0.6) is 0 Å². The molecule has 1 aromatic heterocycles. The van der Waals surface area contributed by atoms with Gasteiger partial charge in [-0.25, -0.2) is 4.98 Å². The van der Waals surface area contributed by atoms with Crippen LogP contribution in [-0.4, -0.2) is 43.0 Å². The van der Waals surface area contributed by atoms with Crippen molar-refractivity contribution in [1.29, 1.82) is 0 Å². The molecule has 6 nitrogen and oxygen atoms in total. The third kappa shape index (κ3) is 3.15. The van der Waals surface area contributed by atoms with Crippen LogP contribution in [-0.2, 0) is 11.3 Å². The quantitative estimate of drug-likeness (QED) is 0.844. The van der Waals surface area contributed by atoms with Gasteiger partial charge in [0, 0.05) is 18.4 Å². The van der Waals surface area contributed by atoms with Gasteiger partial charge in [-0.05, 0) is 68.1 Å². The highest BCUT2D eigenvalue weighted by atomic mass is 16.3. The number of hydrogen-bond acceptors (Lipinski definition) is 5. The standard InChI is InChI=1S/C21H33N3O3/c1-20(17-6-9-21(2)16(19(17)27)3-4-18(21)26)8-5-15(25)11-14(20)7-10-24-13-22-12-23-24/h12-17,19,25,27H,3-11H2,1-2H3/t14-,15-,16-,17-,19-,20-,21-/m0/s1. The van der Waals surface area contributed by atoms with Gasteiger partial charge in [-0.2, -0.15) is 5.10 Å². The van der Waals surface area contributed by atoms with Crippen LogP contribution in [0.1, 0.15) is 65.2 Å². The fourth-order valence-electron chi connectivity index (χ4n) is 6.57. The minimum Gasteiger partial charge on any atom is -0.393 e. The highest BCUT2D eigenvalue weighted by Crippen LogP contribution is 2.59. The maximum absolute atomic E-state index is 12.4. The van der Waals surface area contributed by atoms with Gasteiger partial charge in [0.25, 0.3) is 0 Å². The van der Waals surface area contributed by atoms with Gasteiger partial charge >= 0.3 is 0 Å². The second-order valence-electron chi connectivity index (χ2n) is 9.70. The zero-order valence-corrected chi connectivity index (χ0v) is 16.5. The molecule has 0 amide bonds. The lowest BCUT2D eigenvalue weighted by atomic mass is 9.51. The van der Waals surface area contributed by atoms with Crippen molar-refractivity contribution >= 4 is 5.78 Å². The Morgan fingerprint density at radius 2 is 2.00 bits per heavy atom. The summed E-state index contributed by atoms with van der Waals surface area (Å²) >= 11 is 0. The molecular formula is C21H33N3O3. The second-order valence-corrected chi connectivity index (χ2v) is 9.70. The van der Waals surface area contributed by atoms with Crippen molar-refractivity contribution in [3.05, 3.63) is 12.7 Å². The molecule has 1 heterocycles. The Morgan fingerprint density at radius 3 is 2.74 bits per heavy atom. The van der Waals surface area contributed by atoms with Crippen LogP contribution in [0.25, 0.3) is 0 Å². The Morgan fingerprint density at radius 1 is 1.19 bits per heavy atom. The van der Waals surface area contributed by atoms with Gasteiger partial charge in [-0.15, -0.1) is 0 Å². The molecule has 4 rings (SSSR count). The summed E-state index contributed by atoms with van der Waals surface area (Å²) in [6.45, 7) is 5.18. The summed E-state index contributed by atoms with van der Waals surface area (Å²) in [5.74, 6) is 0.988. The molecule has 150 valence electrons. The minimum absolute atomic E-state index is 0.00774. The molecule has 0 unspecified atom stereocenters. The average Bonchev–Trinajstić information content (AvgIpc) is 3.25. The number of ketones is 1. The number of carbonyl (C=O) groups is 1. The molecule has 0 radical (unpaired) electrons. The third-order valence-electron chi connectivity index (χ3n) is 8.46. The first kappa shape index (κ1) is 19.1. The van der Waals surface area contributed by atoms with Gasteiger partial charge in [0.1, 0.15) is 18.4 Å². The normalized spacial score (nSPS) is 45.0. The molecule has 3 fully saturated rings. The Labute approximate surface area is 161 Å². The maximum Gasteiger partial charge on any atom is 0.139 e. The lowest BCUT2D eigenvalue weighted by Crippen LogP contribution is -2.53. The van der Waals surface area contributed by atoms with Crippen LogP contribution in [0.3, 0.4) is 0 Å². The maximum atomic E-state index is 12.4. The SMILES string of the molecule is C[C@]1([C@H]2CC[C@]3(C)C(=O)CC[C@H]3[C@@H]2O)CC[C@H](O)C[C@@H]1CCn1cncn1. The van der Waals surface area contributed by atoms with Crippen molar-refractivity contribution in [2.75, 3.05) is 0 Å². The van der Waals surface area contributed by atoms with Crippen molar-refractivity contribution < 1.29 is 15.0 Å². The fraction of sp³-hybridized carbons (Fsp3) is 0.857. The van der Waals surface area contributed by atoms with Gasteiger partial charge < -0.3 is 10.2 Å². The zero-order valence-electron chi connectivity index (χ0n) is 16.5. The molecule has 3 aliphatic carbocycles. The lowest BCUT2D eigenvalue weighted by molar-refractivity contribution is -0.145. The first-order chi connectivity index (χ1) is 12.8. The number of hydrogen-bond donors (Lipinski definition) is 2. The summed E-state index contributed by atoms with van der Waals surface area (Å²) in [4.78, 5) is 16.4. The molecule has 3 aliphatic rings. The molecule has 0 spiro atoms. The molecular weight excluding hydrogens is 342 g/mol. The first-order valence-electron chi connectivity index (χ1n) is 10.6. The molecule has 7 atom stereocenters. The third-order valence-corrected chi connectivity index (χ3v) is 8.46. The molecule has 1 aromatic rings. The number of aryl methyl sites for hydroxylation is 1. The zero-order chi connectivity index (χ0) is 19.2. The van der Waals surface area contributed by atoms with E-state index in [0.717, 1.165) is 51.5 Å². The molecule has 2 N–H and O–H groups in total. The van der Waals surface area contributed by atoms with E-state index in [4.69, 9.17) is 0 Å². The van der Waals surface area contributed by atoms with E-state index in [-0.39, 0.29) is 28.8 Å². The van der Waals surface area contributed by atoms with Crippen LogP contribution in [0.2, 0.25) is 0 Å². The number of Topliss-reactive ketones (excluding diaryl/α,β-unsaturated/α-hetero) is 1. The van der Waals surface area contributed by atoms with E-state index < -0.39 is 6.10 Å². The number of fused-ring (bicyclic) bond motifs is 1. The molecule has 0 bridgehead atoms. The van der Waals surface area contributed by atoms with Crippen molar-refractivity contribution in [3.8, 4) is 0 Å². The van der Waals surface area contributed by atoms with Gasteiger partial charge in [0.15, 0.2) is 0 Å². The number of carbonyl (C=O) groups excluding carboxylic acids is 1. The lowest BCUT2D eigenvalue weighted by Gasteiger charge is -2.54. The van der Waals surface area contributed by atoms with Crippen molar-refractivity contribution in [3.63, 3.8) is 0 Å². The summed E-state index contributed by atoms with van der Waals surface area (Å²) in [5.41, 5.74) is -0.330. The number of rotatable bonds is 4. The molecule has 0 saturated heterocycles.